The second kappa shape index (κ2) is 9.17. The molecule has 22 heavy (non-hydrogen) atoms. The highest BCUT2D eigenvalue weighted by atomic mass is 16.6. The predicted molar refractivity (Wildman–Crippen MR) is 79.4 cm³/mol. The maximum atomic E-state index is 11.4. The molecule has 0 aromatic heterocycles. The van der Waals surface area contributed by atoms with E-state index in [2.05, 4.69) is 11.9 Å². The molecule has 0 aliphatic heterocycles. The molecule has 0 atom stereocenters. The van der Waals surface area contributed by atoms with Crippen LogP contribution in [0.2, 0.25) is 0 Å². The van der Waals surface area contributed by atoms with Crippen molar-refractivity contribution in [3.05, 3.63) is 42.5 Å². The molecule has 0 fully saturated rings. The number of rotatable bonds is 7. The third kappa shape index (κ3) is 6.56. The quantitative estimate of drug-likeness (QED) is 0.577. The fourth-order valence-corrected chi connectivity index (χ4v) is 1.41. The van der Waals surface area contributed by atoms with Gasteiger partial charge >= 0.3 is 12.0 Å². The number of hydrogen-bond donors (Lipinski definition) is 2. The van der Waals surface area contributed by atoms with Crippen LogP contribution in [0.15, 0.2) is 36.9 Å². The van der Waals surface area contributed by atoms with Crippen molar-refractivity contribution in [2.75, 3.05) is 19.8 Å². The fraction of sp³-hybridized carbons (Fsp3) is 0.267. The van der Waals surface area contributed by atoms with Crippen LogP contribution in [0.25, 0.3) is 0 Å². The van der Waals surface area contributed by atoms with Gasteiger partial charge in [0.2, 0.25) is 0 Å². The van der Waals surface area contributed by atoms with Gasteiger partial charge in [-0.25, -0.2) is 9.59 Å². The molecule has 0 unspecified atom stereocenters. The summed E-state index contributed by atoms with van der Waals surface area (Å²) in [5.74, 6) is -0.872. The summed E-state index contributed by atoms with van der Waals surface area (Å²) in [5.41, 5.74) is 0.881. The van der Waals surface area contributed by atoms with Crippen molar-refractivity contribution in [1.82, 2.24) is 10.6 Å². The summed E-state index contributed by atoms with van der Waals surface area (Å²) in [7, 11) is 0. The van der Waals surface area contributed by atoms with Crippen molar-refractivity contribution in [3.8, 4) is 5.75 Å². The first-order valence-corrected chi connectivity index (χ1v) is 6.55. The molecule has 0 bridgehead atoms. The van der Waals surface area contributed by atoms with Gasteiger partial charge in [0.1, 0.15) is 5.75 Å². The normalized spacial score (nSPS) is 9.50. The smallest absolute Gasteiger partial charge is 0.344 e. The Labute approximate surface area is 128 Å². The van der Waals surface area contributed by atoms with Crippen LogP contribution in [0.3, 0.4) is 0 Å². The Morgan fingerprint density at radius 2 is 1.95 bits per heavy atom. The van der Waals surface area contributed by atoms with Gasteiger partial charge in [0.05, 0.1) is 0 Å². The number of para-hydroxylation sites is 1. The van der Waals surface area contributed by atoms with Gasteiger partial charge in [0, 0.05) is 6.54 Å². The van der Waals surface area contributed by atoms with Gasteiger partial charge in [0.25, 0.3) is 5.91 Å². The Bertz CT molecular complexity index is 557. The third-order valence-corrected chi connectivity index (χ3v) is 2.46. The monoisotopic (exact) mass is 306 g/mol. The van der Waals surface area contributed by atoms with Gasteiger partial charge in [-0.3, -0.25) is 10.1 Å². The summed E-state index contributed by atoms with van der Waals surface area (Å²) in [5, 5.41) is 4.35. The number of benzene rings is 1. The summed E-state index contributed by atoms with van der Waals surface area (Å²) in [4.78, 5) is 33.9. The molecule has 118 valence electrons. The summed E-state index contributed by atoms with van der Waals surface area (Å²) in [6, 6.07) is 6.51. The van der Waals surface area contributed by atoms with Crippen molar-refractivity contribution in [3.63, 3.8) is 0 Å². The zero-order valence-corrected chi connectivity index (χ0v) is 12.3. The summed E-state index contributed by atoms with van der Waals surface area (Å²) >= 11 is 0. The number of esters is 1. The first-order chi connectivity index (χ1) is 10.5. The Morgan fingerprint density at radius 1 is 1.23 bits per heavy atom. The lowest BCUT2D eigenvalue weighted by Gasteiger charge is -2.09. The number of aryl methyl sites for hydroxylation is 1. The highest BCUT2D eigenvalue weighted by Gasteiger charge is 2.11. The highest BCUT2D eigenvalue weighted by molar-refractivity contribution is 5.95. The molecular weight excluding hydrogens is 288 g/mol. The Hall–Kier alpha value is -2.83. The second-order valence-electron chi connectivity index (χ2n) is 4.26. The molecule has 0 heterocycles. The molecule has 0 aliphatic rings. The average Bonchev–Trinajstić information content (AvgIpc) is 2.50. The molecule has 1 aromatic rings. The number of nitrogens with one attached hydrogen (secondary N) is 2. The number of carbonyl (C=O) groups excluding carboxylic acids is 3. The van der Waals surface area contributed by atoms with Crippen LogP contribution in [0.5, 0.6) is 5.75 Å². The maximum absolute atomic E-state index is 11.4. The summed E-state index contributed by atoms with van der Waals surface area (Å²) in [6.45, 7) is 4.60. The standard InChI is InChI=1S/C15H18N2O5/c1-3-8-16-15(20)17-13(18)9-22-14(19)10-21-12-7-5-4-6-11(12)2/h3-7H,1,8-10H2,2H3,(H2,16,17,18,20). The number of ether oxygens (including phenoxy) is 2. The Morgan fingerprint density at radius 3 is 2.64 bits per heavy atom. The van der Waals surface area contributed by atoms with E-state index >= 15 is 0 Å². The third-order valence-electron chi connectivity index (χ3n) is 2.46. The fourth-order valence-electron chi connectivity index (χ4n) is 1.41. The van der Waals surface area contributed by atoms with Crippen LogP contribution in [0, 0.1) is 6.92 Å². The molecular formula is C15H18N2O5. The van der Waals surface area contributed by atoms with Gasteiger partial charge in [-0.05, 0) is 18.6 Å². The van der Waals surface area contributed by atoms with E-state index in [4.69, 9.17) is 9.47 Å². The van der Waals surface area contributed by atoms with Crippen molar-refractivity contribution < 1.29 is 23.9 Å². The van der Waals surface area contributed by atoms with E-state index in [1.807, 2.05) is 24.4 Å². The predicted octanol–water partition coefficient (Wildman–Crippen LogP) is 0.929. The van der Waals surface area contributed by atoms with E-state index in [0.29, 0.717) is 5.75 Å². The first-order valence-electron chi connectivity index (χ1n) is 6.55. The van der Waals surface area contributed by atoms with E-state index in [-0.39, 0.29) is 13.2 Å². The van der Waals surface area contributed by atoms with Crippen LogP contribution in [-0.2, 0) is 14.3 Å². The summed E-state index contributed by atoms with van der Waals surface area (Å²) in [6.07, 6.45) is 1.47. The topological polar surface area (TPSA) is 93.7 Å². The van der Waals surface area contributed by atoms with Crippen molar-refractivity contribution >= 4 is 17.9 Å². The van der Waals surface area contributed by atoms with Gasteiger partial charge < -0.3 is 14.8 Å². The van der Waals surface area contributed by atoms with Crippen LogP contribution in [0.4, 0.5) is 4.79 Å². The average molecular weight is 306 g/mol. The van der Waals surface area contributed by atoms with Crippen LogP contribution in [-0.4, -0.2) is 37.7 Å². The number of hydrogen-bond acceptors (Lipinski definition) is 5. The molecule has 2 N–H and O–H groups in total. The van der Waals surface area contributed by atoms with Crippen molar-refractivity contribution in [2.45, 2.75) is 6.92 Å². The molecule has 0 spiro atoms. The molecule has 0 radical (unpaired) electrons. The van der Waals surface area contributed by atoms with E-state index < -0.39 is 24.5 Å². The molecule has 7 heteroatoms. The zero-order chi connectivity index (χ0) is 16.4. The minimum Gasteiger partial charge on any atom is -0.482 e. The van der Waals surface area contributed by atoms with Crippen LogP contribution < -0.4 is 15.4 Å². The van der Waals surface area contributed by atoms with Gasteiger partial charge in [-0.2, -0.15) is 0 Å². The molecule has 0 saturated heterocycles. The summed E-state index contributed by atoms with van der Waals surface area (Å²) < 4.78 is 9.96. The Balaban J connectivity index is 2.25. The number of carbonyl (C=O) groups is 3. The second-order valence-corrected chi connectivity index (χ2v) is 4.26. The molecule has 1 rings (SSSR count). The van der Waals surface area contributed by atoms with Crippen molar-refractivity contribution in [1.29, 1.82) is 0 Å². The number of urea groups is 1. The van der Waals surface area contributed by atoms with E-state index in [1.165, 1.54) is 6.08 Å². The minimum atomic E-state index is -0.731. The number of imide groups is 1. The van der Waals surface area contributed by atoms with Gasteiger partial charge in [-0.1, -0.05) is 24.3 Å². The SMILES string of the molecule is C=CCNC(=O)NC(=O)COC(=O)COc1ccccc1C. The van der Waals surface area contributed by atoms with E-state index in [1.54, 1.807) is 12.1 Å². The molecule has 3 amide bonds. The van der Waals surface area contributed by atoms with Crippen LogP contribution in [0.1, 0.15) is 5.56 Å². The number of amides is 3. The molecule has 0 aliphatic carbocycles. The highest BCUT2D eigenvalue weighted by Crippen LogP contribution is 2.15. The van der Waals surface area contributed by atoms with Crippen molar-refractivity contribution in [2.24, 2.45) is 0 Å². The van der Waals surface area contributed by atoms with Crippen LogP contribution >= 0.6 is 0 Å². The lowest BCUT2D eigenvalue weighted by molar-refractivity contribution is -0.150. The van der Waals surface area contributed by atoms with Gasteiger partial charge in [-0.15, -0.1) is 6.58 Å². The van der Waals surface area contributed by atoms with E-state index in [9.17, 15) is 14.4 Å². The lowest BCUT2D eigenvalue weighted by atomic mass is 10.2. The maximum Gasteiger partial charge on any atom is 0.344 e. The van der Waals surface area contributed by atoms with Gasteiger partial charge in [0.15, 0.2) is 13.2 Å². The molecule has 7 nitrogen and oxygen atoms in total. The molecule has 1 aromatic carbocycles. The minimum absolute atomic E-state index is 0.225. The molecule has 0 saturated carbocycles. The Kier molecular flexibility index (Phi) is 7.18. The zero-order valence-electron chi connectivity index (χ0n) is 12.3. The lowest BCUT2D eigenvalue weighted by Crippen LogP contribution is -2.41. The van der Waals surface area contributed by atoms with E-state index in [0.717, 1.165) is 5.56 Å². The largest absolute Gasteiger partial charge is 0.482 e. The first kappa shape index (κ1) is 17.2.